The first-order valence-electron chi connectivity index (χ1n) is 9.91. The highest BCUT2D eigenvalue weighted by Crippen LogP contribution is 2.37. The predicted molar refractivity (Wildman–Crippen MR) is 103 cm³/mol. The van der Waals surface area contributed by atoms with E-state index in [0.717, 1.165) is 29.7 Å². The highest BCUT2D eigenvalue weighted by Gasteiger charge is 2.52. The van der Waals surface area contributed by atoms with E-state index in [2.05, 4.69) is 17.6 Å². The van der Waals surface area contributed by atoms with E-state index in [1.54, 1.807) is 0 Å². The fraction of sp³-hybridized carbons (Fsp3) is 0.571. The third-order valence-corrected chi connectivity index (χ3v) is 6.06. The van der Waals surface area contributed by atoms with Gasteiger partial charge in [-0.15, -0.1) is 0 Å². The molecule has 6 nitrogen and oxygen atoms in total. The molecule has 0 radical (unpaired) electrons. The summed E-state index contributed by atoms with van der Waals surface area (Å²) >= 11 is 0. The zero-order chi connectivity index (χ0) is 19.4. The minimum Gasteiger partial charge on any atom is -0.354 e. The lowest BCUT2D eigenvalue weighted by atomic mass is 9.75. The van der Waals surface area contributed by atoms with Crippen molar-refractivity contribution in [3.05, 3.63) is 35.9 Å². The van der Waals surface area contributed by atoms with E-state index in [0.29, 0.717) is 25.3 Å². The first kappa shape index (κ1) is 19.4. The largest absolute Gasteiger partial charge is 0.354 e. The Hall–Kier alpha value is -2.37. The number of carbonyl (C=O) groups is 3. The van der Waals surface area contributed by atoms with Crippen molar-refractivity contribution in [1.82, 2.24) is 15.5 Å². The van der Waals surface area contributed by atoms with Gasteiger partial charge in [-0.25, -0.2) is 4.79 Å². The van der Waals surface area contributed by atoms with E-state index in [1.807, 2.05) is 37.3 Å². The van der Waals surface area contributed by atoms with E-state index in [9.17, 15) is 14.4 Å². The summed E-state index contributed by atoms with van der Waals surface area (Å²) in [6.45, 7) is 4.44. The van der Waals surface area contributed by atoms with Crippen LogP contribution in [0.4, 0.5) is 4.79 Å². The molecule has 2 N–H and O–H groups in total. The minimum atomic E-state index is -0.791. The molecule has 1 unspecified atom stereocenters. The van der Waals surface area contributed by atoms with Gasteiger partial charge in [0.25, 0.3) is 5.91 Å². The van der Waals surface area contributed by atoms with Crippen molar-refractivity contribution >= 4 is 17.8 Å². The zero-order valence-corrected chi connectivity index (χ0v) is 16.2. The van der Waals surface area contributed by atoms with E-state index in [-0.39, 0.29) is 24.3 Å². The molecule has 1 aliphatic carbocycles. The molecule has 27 heavy (non-hydrogen) atoms. The van der Waals surface area contributed by atoms with Crippen molar-refractivity contribution in [3.63, 3.8) is 0 Å². The number of benzene rings is 1. The van der Waals surface area contributed by atoms with Crippen LogP contribution in [0, 0.1) is 5.92 Å². The molecular formula is C21H29N3O3. The van der Waals surface area contributed by atoms with Gasteiger partial charge in [0.2, 0.25) is 5.91 Å². The molecule has 2 aliphatic rings. The highest BCUT2D eigenvalue weighted by molar-refractivity contribution is 6.09. The lowest BCUT2D eigenvalue weighted by Crippen LogP contribution is -2.50. The number of nitrogens with one attached hydrogen (secondary N) is 2. The molecular weight excluding hydrogens is 342 g/mol. The molecule has 1 aromatic rings. The second-order valence-corrected chi connectivity index (χ2v) is 7.87. The molecule has 2 fully saturated rings. The summed E-state index contributed by atoms with van der Waals surface area (Å²) < 4.78 is 0. The Morgan fingerprint density at radius 2 is 1.93 bits per heavy atom. The number of rotatable bonds is 6. The van der Waals surface area contributed by atoms with Crippen LogP contribution in [0.15, 0.2) is 30.3 Å². The number of carbonyl (C=O) groups excluding carboxylic acids is 3. The van der Waals surface area contributed by atoms with Crippen molar-refractivity contribution in [2.45, 2.75) is 57.4 Å². The Labute approximate surface area is 160 Å². The predicted octanol–water partition coefficient (Wildman–Crippen LogP) is 2.80. The molecule has 0 bridgehead atoms. The highest BCUT2D eigenvalue weighted by atomic mass is 16.2. The molecule has 1 aliphatic heterocycles. The Morgan fingerprint density at radius 1 is 1.26 bits per heavy atom. The number of imide groups is 1. The number of nitrogens with zero attached hydrogens (tertiary/aromatic N) is 1. The summed E-state index contributed by atoms with van der Waals surface area (Å²) in [6, 6.07) is 9.48. The molecule has 1 saturated carbocycles. The van der Waals surface area contributed by atoms with Crippen LogP contribution >= 0.6 is 0 Å². The van der Waals surface area contributed by atoms with Crippen LogP contribution in [0.5, 0.6) is 0 Å². The van der Waals surface area contributed by atoms with Gasteiger partial charge < -0.3 is 10.6 Å². The van der Waals surface area contributed by atoms with E-state index in [4.69, 9.17) is 0 Å². The van der Waals surface area contributed by atoms with Gasteiger partial charge in [-0.1, -0.05) is 50.6 Å². The fourth-order valence-corrected chi connectivity index (χ4v) is 4.10. The Morgan fingerprint density at radius 3 is 2.56 bits per heavy atom. The SMILES string of the molecule is CCC1CCC2(CC1)NC(=O)N(CC(=O)NCC(C)c1ccccc1)C2=O. The van der Waals surface area contributed by atoms with Gasteiger partial charge in [-0.3, -0.25) is 14.5 Å². The second-order valence-electron chi connectivity index (χ2n) is 7.87. The van der Waals surface area contributed by atoms with Gasteiger partial charge in [0.1, 0.15) is 12.1 Å². The summed E-state index contributed by atoms with van der Waals surface area (Å²) in [6.07, 6.45) is 4.32. The average Bonchev–Trinajstić information content (AvgIpc) is 2.91. The van der Waals surface area contributed by atoms with Crippen molar-refractivity contribution in [3.8, 4) is 0 Å². The third-order valence-electron chi connectivity index (χ3n) is 6.06. The summed E-state index contributed by atoms with van der Waals surface area (Å²) in [4.78, 5) is 38.6. The standard InChI is InChI=1S/C21H29N3O3/c1-3-16-9-11-21(12-10-16)19(26)24(20(27)23-21)14-18(25)22-13-15(2)17-7-5-4-6-8-17/h4-8,15-16H,3,9-14H2,1-2H3,(H,22,25)(H,23,27). The Kier molecular flexibility index (Phi) is 5.82. The molecule has 146 valence electrons. The molecule has 1 atom stereocenters. The van der Waals surface area contributed by atoms with Gasteiger partial charge in [0.15, 0.2) is 0 Å². The maximum atomic E-state index is 12.8. The van der Waals surface area contributed by atoms with E-state index in [1.165, 1.54) is 0 Å². The van der Waals surface area contributed by atoms with Crippen LogP contribution in [-0.2, 0) is 9.59 Å². The van der Waals surface area contributed by atoms with Gasteiger partial charge in [0, 0.05) is 6.54 Å². The van der Waals surface area contributed by atoms with Gasteiger partial charge in [-0.05, 0) is 43.1 Å². The first-order valence-corrected chi connectivity index (χ1v) is 9.91. The Bertz CT molecular complexity index is 696. The zero-order valence-electron chi connectivity index (χ0n) is 16.2. The third kappa shape index (κ3) is 4.15. The molecule has 6 heteroatoms. The van der Waals surface area contributed by atoms with Crippen molar-refractivity contribution in [1.29, 1.82) is 0 Å². The number of urea groups is 1. The van der Waals surface area contributed by atoms with Crippen LogP contribution in [0.1, 0.15) is 57.4 Å². The van der Waals surface area contributed by atoms with Crippen LogP contribution in [-0.4, -0.2) is 41.4 Å². The number of hydrogen-bond donors (Lipinski definition) is 2. The quantitative estimate of drug-likeness (QED) is 0.755. The molecule has 3 rings (SSSR count). The smallest absolute Gasteiger partial charge is 0.325 e. The van der Waals surface area contributed by atoms with Crippen molar-refractivity contribution in [2.75, 3.05) is 13.1 Å². The summed E-state index contributed by atoms with van der Waals surface area (Å²) in [5.41, 5.74) is 0.347. The molecule has 1 heterocycles. The van der Waals surface area contributed by atoms with Gasteiger partial charge in [-0.2, -0.15) is 0 Å². The van der Waals surface area contributed by atoms with Crippen molar-refractivity contribution < 1.29 is 14.4 Å². The lowest BCUT2D eigenvalue weighted by molar-refractivity contribution is -0.136. The normalized spacial score (nSPS) is 26.1. The van der Waals surface area contributed by atoms with Crippen LogP contribution in [0.25, 0.3) is 0 Å². The minimum absolute atomic E-state index is 0.161. The average molecular weight is 371 g/mol. The number of hydrogen-bond acceptors (Lipinski definition) is 3. The topological polar surface area (TPSA) is 78.5 Å². The number of amides is 4. The molecule has 0 aromatic heterocycles. The van der Waals surface area contributed by atoms with Crippen molar-refractivity contribution in [2.24, 2.45) is 5.92 Å². The molecule has 4 amide bonds. The lowest BCUT2D eigenvalue weighted by Gasteiger charge is -2.34. The van der Waals surface area contributed by atoms with E-state index < -0.39 is 11.6 Å². The summed E-state index contributed by atoms with van der Waals surface area (Å²) in [5, 5.41) is 5.71. The fourth-order valence-electron chi connectivity index (χ4n) is 4.10. The maximum Gasteiger partial charge on any atom is 0.325 e. The van der Waals surface area contributed by atoms with Crippen LogP contribution in [0.2, 0.25) is 0 Å². The summed E-state index contributed by atoms with van der Waals surface area (Å²) in [5.74, 6) is 0.236. The maximum absolute atomic E-state index is 12.8. The second kappa shape index (κ2) is 8.11. The Balaban J connectivity index is 1.53. The summed E-state index contributed by atoms with van der Waals surface area (Å²) in [7, 11) is 0. The monoisotopic (exact) mass is 371 g/mol. The van der Waals surface area contributed by atoms with Gasteiger partial charge >= 0.3 is 6.03 Å². The van der Waals surface area contributed by atoms with Crippen LogP contribution in [0.3, 0.4) is 0 Å². The molecule has 1 spiro atoms. The first-order chi connectivity index (χ1) is 12.9. The van der Waals surface area contributed by atoms with E-state index >= 15 is 0 Å². The van der Waals surface area contributed by atoms with Gasteiger partial charge in [0.05, 0.1) is 0 Å². The molecule has 1 aromatic carbocycles. The molecule has 1 saturated heterocycles. The van der Waals surface area contributed by atoms with Crippen LogP contribution < -0.4 is 10.6 Å².